The van der Waals surface area contributed by atoms with E-state index in [0.29, 0.717) is 0 Å². The molecule has 3 heteroatoms. The number of aryl methyl sites for hydroxylation is 3. The molecule has 124 valence electrons. The van der Waals surface area contributed by atoms with Gasteiger partial charge in [-0.25, -0.2) is 4.98 Å². The van der Waals surface area contributed by atoms with Crippen LogP contribution in [0.1, 0.15) is 28.1 Å². The average molecular weight is 327 g/mol. The van der Waals surface area contributed by atoms with Gasteiger partial charge in [-0.2, -0.15) is 0 Å². The van der Waals surface area contributed by atoms with E-state index in [0.717, 1.165) is 28.3 Å². The van der Waals surface area contributed by atoms with Gasteiger partial charge >= 0.3 is 0 Å². The van der Waals surface area contributed by atoms with E-state index in [2.05, 4.69) is 53.1 Å². The molecule has 0 aliphatic heterocycles. The van der Waals surface area contributed by atoms with E-state index in [1.165, 1.54) is 11.1 Å². The lowest BCUT2D eigenvalue weighted by Crippen LogP contribution is -1.95. The van der Waals surface area contributed by atoms with Crippen LogP contribution in [-0.4, -0.2) is 17.4 Å². The second-order valence-electron chi connectivity index (χ2n) is 6.18. The van der Waals surface area contributed by atoms with Crippen LogP contribution in [-0.2, 0) is 0 Å². The monoisotopic (exact) mass is 327 g/mol. The molecular formula is C22H21N3. The topological polar surface area (TPSA) is 37.6 Å². The number of hydrogen-bond acceptors (Lipinski definition) is 3. The Bertz CT molecular complexity index is 831. The van der Waals surface area contributed by atoms with Gasteiger partial charge in [0.1, 0.15) is 0 Å². The summed E-state index contributed by atoms with van der Waals surface area (Å²) in [6.07, 6.45) is 3.59. The van der Waals surface area contributed by atoms with Crippen LogP contribution in [0.3, 0.4) is 0 Å². The molecule has 3 nitrogen and oxygen atoms in total. The van der Waals surface area contributed by atoms with E-state index < -0.39 is 0 Å². The summed E-state index contributed by atoms with van der Waals surface area (Å²) in [4.78, 5) is 13.6. The van der Waals surface area contributed by atoms with Crippen molar-refractivity contribution in [2.75, 3.05) is 0 Å². The van der Waals surface area contributed by atoms with Crippen LogP contribution in [0.4, 0.5) is 11.4 Å². The van der Waals surface area contributed by atoms with Crippen molar-refractivity contribution in [1.29, 1.82) is 0 Å². The zero-order chi connectivity index (χ0) is 17.6. The first-order chi connectivity index (χ1) is 12.1. The number of nitrogens with zero attached hydrogens (tertiary/aromatic N) is 3. The lowest BCUT2D eigenvalue weighted by atomic mass is 10.2. The first-order valence-corrected chi connectivity index (χ1v) is 8.29. The van der Waals surface area contributed by atoms with E-state index in [1.54, 1.807) is 12.4 Å². The first kappa shape index (κ1) is 16.8. The van der Waals surface area contributed by atoms with Crippen molar-refractivity contribution < 1.29 is 0 Å². The quantitative estimate of drug-likeness (QED) is 0.582. The van der Waals surface area contributed by atoms with E-state index in [9.17, 15) is 0 Å². The van der Waals surface area contributed by atoms with Crippen molar-refractivity contribution in [1.82, 2.24) is 4.98 Å². The molecule has 25 heavy (non-hydrogen) atoms. The second-order valence-corrected chi connectivity index (χ2v) is 6.18. The van der Waals surface area contributed by atoms with Gasteiger partial charge in [0.05, 0.1) is 35.2 Å². The fourth-order valence-corrected chi connectivity index (χ4v) is 2.40. The summed E-state index contributed by atoms with van der Waals surface area (Å²) >= 11 is 0. The molecule has 0 radical (unpaired) electrons. The fourth-order valence-electron chi connectivity index (χ4n) is 2.40. The van der Waals surface area contributed by atoms with Gasteiger partial charge in [0.2, 0.25) is 0 Å². The zero-order valence-corrected chi connectivity index (χ0v) is 14.8. The van der Waals surface area contributed by atoms with Crippen LogP contribution in [0.15, 0.2) is 70.6 Å². The van der Waals surface area contributed by atoms with Gasteiger partial charge in [-0.3, -0.25) is 9.98 Å². The molecule has 0 unspecified atom stereocenters. The molecule has 0 bridgehead atoms. The van der Waals surface area contributed by atoms with Gasteiger partial charge in [0.15, 0.2) is 0 Å². The Morgan fingerprint density at radius 3 is 1.40 bits per heavy atom. The standard InChI is InChI=1S/C22H21N3/c1-16-4-8-19(9-5-16)23-14-21-12-18(3)13-22(25-21)15-24-20-10-6-17(2)7-11-20/h4-15H,1-3H3. The molecule has 0 saturated carbocycles. The molecule has 0 saturated heterocycles. The van der Waals surface area contributed by atoms with Gasteiger partial charge < -0.3 is 0 Å². The van der Waals surface area contributed by atoms with Crippen molar-refractivity contribution in [2.24, 2.45) is 9.98 Å². The Morgan fingerprint density at radius 2 is 1.00 bits per heavy atom. The fraction of sp³-hybridized carbons (Fsp3) is 0.136. The lowest BCUT2D eigenvalue weighted by molar-refractivity contribution is 1.24. The predicted octanol–water partition coefficient (Wildman–Crippen LogP) is 5.51. The summed E-state index contributed by atoms with van der Waals surface area (Å²) in [5.74, 6) is 0. The molecule has 0 atom stereocenters. The van der Waals surface area contributed by atoms with Gasteiger partial charge in [-0.15, -0.1) is 0 Å². The van der Waals surface area contributed by atoms with Crippen molar-refractivity contribution in [3.05, 3.63) is 88.7 Å². The minimum absolute atomic E-state index is 0.825. The third-order valence-electron chi connectivity index (χ3n) is 3.77. The number of rotatable bonds is 4. The van der Waals surface area contributed by atoms with E-state index in [1.807, 2.05) is 43.3 Å². The largest absolute Gasteiger partial charge is 0.255 e. The molecule has 0 aliphatic carbocycles. The zero-order valence-electron chi connectivity index (χ0n) is 14.8. The Balaban J connectivity index is 1.80. The summed E-state index contributed by atoms with van der Waals surface area (Å²) in [6, 6.07) is 20.2. The van der Waals surface area contributed by atoms with Crippen molar-refractivity contribution in [3.8, 4) is 0 Å². The summed E-state index contributed by atoms with van der Waals surface area (Å²) < 4.78 is 0. The summed E-state index contributed by atoms with van der Waals surface area (Å²) in [5, 5.41) is 0. The maximum atomic E-state index is 4.60. The molecule has 2 aromatic carbocycles. The minimum Gasteiger partial charge on any atom is -0.255 e. The number of pyridine rings is 1. The van der Waals surface area contributed by atoms with Crippen LogP contribution in [0.2, 0.25) is 0 Å². The van der Waals surface area contributed by atoms with Crippen LogP contribution >= 0.6 is 0 Å². The maximum Gasteiger partial charge on any atom is 0.0823 e. The molecule has 0 aliphatic rings. The Kier molecular flexibility index (Phi) is 5.14. The number of aromatic nitrogens is 1. The van der Waals surface area contributed by atoms with E-state index >= 15 is 0 Å². The highest BCUT2D eigenvalue weighted by Gasteiger charge is 1.98. The molecule has 0 N–H and O–H groups in total. The molecule has 1 heterocycles. The summed E-state index contributed by atoms with van der Waals surface area (Å²) in [7, 11) is 0. The molecular weight excluding hydrogens is 306 g/mol. The predicted molar refractivity (Wildman–Crippen MR) is 106 cm³/mol. The van der Waals surface area contributed by atoms with Gasteiger partial charge in [0.25, 0.3) is 0 Å². The third kappa shape index (κ3) is 4.95. The lowest BCUT2D eigenvalue weighted by Gasteiger charge is -2.00. The van der Waals surface area contributed by atoms with Gasteiger partial charge in [-0.05, 0) is 62.7 Å². The van der Waals surface area contributed by atoms with Crippen molar-refractivity contribution >= 4 is 23.8 Å². The first-order valence-electron chi connectivity index (χ1n) is 8.29. The average Bonchev–Trinajstić information content (AvgIpc) is 2.60. The van der Waals surface area contributed by atoms with Gasteiger partial charge in [0, 0.05) is 0 Å². The Hall–Kier alpha value is -3.07. The van der Waals surface area contributed by atoms with Crippen LogP contribution in [0.5, 0.6) is 0 Å². The molecule has 3 aromatic rings. The summed E-state index contributed by atoms with van der Waals surface area (Å²) in [5.41, 5.74) is 7.07. The highest BCUT2D eigenvalue weighted by Crippen LogP contribution is 2.14. The van der Waals surface area contributed by atoms with Crippen LogP contribution in [0, 0.1) is 20.8 Å². The maximum absolute atomic E-state index is 4.60. The van der Waals surface area contributed by atoms with Crippen LogP contribution < -0.4 is 0 Å². The molecule has 0 spiro atoms. The van der Waals surface area contributed by atoms with Crippen molar-refractivity contribution in [2.45, 2.75) is 20.8 Å². The SMILES string of the molecule is Cc1ccc(N=Cc2cc(C)cc(C=Nc3ccc(C)cc3)n2)cc1. The van der Waals surface area contributed by atoms with Crippen molar-refractivity contribution in [3.63, 3.8) is 0 Å². The number of benzene rings is 2. The van der Waals surface area contributed by atoms with E-state index in [-0.39, 0.29) is 0 Å². The second kappa shape index (κ2) is 7.67. The summed E-state index contributed by atoms with van der Waals surface area (Å²) in [6.45, 7) is 6.18. The number of aliphatic imine (C=N–C) groups is 2. The van der Waals surface area contributed by atoms with Crippen LogP contribution in [0.25, 0.3) is 0 Å². The molecule has 1 aromatic heterocycles. The highest BCUT2D eigenvalue weighted by molar-refractivity contribution is 5.84. The Morgan fingerprint density at radius 1 is 0.600 bits per heavy atom. The molecule has 0 fully saturated rings. The minimum atomic E-state index is 0.825. The normalized spacial score (nSPS) is 11.5. The molecule has 3 rings (SSSR count). The number of hydrogen-bond donors (Lipinski definition) is 0. The van der Waals surface area contributed by atoms with E-state index in [4.69, 9.17) is 0 Å². The Labute approximate surface area is 148 Å². The third-order valence-corrected chi connectivity index (χ3v) is 3.77. The smallest absolute Gasteiger partial charge is 0.0823 e. The highest BCUT2D eigenvalue weighted by atomic mass is 14.8. The molecule has 0 amide bonds. The van der Waals surface area contributed by atoms with Gasteiger partial charge in [-0.1, -0.05) is 35.4 Å².